The maximum Gasteiger partial charge on any atom is 0.191 e. The lowest BCUT2D eigenvalue weighted by atomic mass is 9.83. The Kier molecular flexibility index (Phi) is 7.18. The molecule has 1 saturated carbocycles. The van der Waals surface area contributed by atoms with Gasteiger partial charge in [0.05, 0.1) is 6.54 Å². The first kappa shape index (κ1) is 17.8. The molecule has 22 heavy (non-hydrogen) atoms. The molecule has 1 heterocycles. The Morgan fingerprint density at radius 3 is 2.77 bits per heavy atom. The number of rotatable bonds is 7. The lowest BCUT2D eigenvalue weighted by Crippen LogP contribution is -2.43. The minimum atomic E-state index is 0.375. The van der Waals surface area contributed by atoms with Gasteiger partial charge in [-0.2, -0.15) is 0 Å². The van der Waals surface area contributed by atoms with Crippen LogP contribution in [0.25, 0.3) is 0 Å². The van der Waals surface area contributed by atoms with Crippen LogP contribution < -0.4 is 10.6 Å². The van der Waals surface area contributed by atoms with Crippen molar-refractivity contribution in [1.82, 2.24) is 10.6 Å². The second-order valence-electron chi connectivity index (χ2n) is 5.96. The second kappa shape index (κ2) is 8.89. The van der Waals surface area contributed by atoms with E-state index in [2.05, 4.69) is 43.0 Å². The molecule has 0 aromatic carbocycles. The molecule has 1 aliphatic carbocycles. The van der Waals surface area contributed by atoms with Crippen LogP contribution in [0.1, 0.15) is 37.0 Å². The van der Waals surface area contributed by atoms with Gasteiger partial charge in [-0.15, -0.1) is 11.3 Å². The van der Waals surface area contributed by atoms with Gasteiger partial charge in [0.15, 0.2) is 5.96 Å². The molecule has 0 spiro atoms. The summed E-state index contributed by atoms with van der Waals surface area (Å²) in [6.07, 6.45) is 6.38. The van der Waals surface area contributed by atoms with Gasteiger partial charge in [-0.05, 0) is 46.7 Å². The van der Waals surface area contributed by atoms with Gasteiger partial charge in [-0.1, -0.05) is 12.8 Å². The summed E-state index contributed by atoms with van der Waals surface area (Å²) in [5, 5.41) is 9.01. The highest BCUT2D eigenvalue weighted by atomic mass is 79.9. The summed E-state index contributed by atoms with van der Waals surface area (Å²) in [5.41, 5.74) is 0.375. The number of halogens is 1. The number of hydrogen-bond acceptors (Lipinski definition) is 3. The molecule has 1 aromatic rings. The summed E-state index contributed by atoms with van der Waals surface area (Å²) in [5.74, 6) is 0.883. The zero-order valence-electron chi connectivity index (χ0n) is 13.5. The van der Waals surface area contributed by atoms with Crippen LogP contribution in [0.2, 0.25) is 0 Å². The van der Waals surface area contributed by atoms with Crippen LogP contribution in [-0.2, 0) is 11.3 Å². The molecule has 0 bridgehead atoms. The standard InChI is InChI=1S/C16H26BrN3OS/c1-18-15(19-10-14-9-13(17)11-22-14)20-12-16(7-8-21-2)5-3-4-6-16/h9,11H,3-8,10,12H2,1-2H3,(H2,18,19,20). The molecule has 0 unspecified atom stereocenters. The zero-order valence-corrected chi connectivity index (χ0v) is 15.9. The summed E-state index contributed by atoms with van der Waals surface area (Å²) in [6.45, 7) is 2.63. The average molecular weight is 388 g/mol. The maximum atomic E-state index is 5.29. The van der Waals surface area contributed by atoms with Gasteiger partial charge in [-0.3, -0.25) is 4.99 Å². The third-order valence-electron chi connectivity index (χ3n) is 4.41. The van der Waals surface area contributed by atoms with E-state index in [0.717, 1.165) is 36.5 Å². The van der Waals surface area contributed by atoms with Crippen LogP contribution in [-0.4, -0.2) is 33.3 Å². The number of aliphatic imine (C=N–C) groups is 1. The number of thiophene rings is 1. The average Bonchev–Trinajstić information content (AvgIpc) is 3.15. The van der Waals surface area contributed by atoms with Crippen LogP contribution in [0, 0.1) is 5.41 Å². The van der Waals surface area contributed by atoms with Gasteiger partial charge in [0.1, 0.15) is 0 Å². The third kappa shape index (κ3) is 5.25. The Balaban J connectivity index is 1.81. The van der Waals surface area contributed by atoms with Crippen molar-refractivity contribution >= 4 is 33.2 Å². The summed E-state index contributed by atoms with van der Waals surface area (Å²) in [4.78, 5) is 5.63. The number of nitrogens with one attached hydrogen (secondary N) is 2. The van der Waals surface area contributed by atoms with Crippen molar-refractivity contribution in [3.8, 4) is 0 Å². The molecule has 1 fully saturated rings. The molecule has 0 atom stereocenters. The van der Waals surface area contributed by atoms with E-state index in [1.54, 1.807) is 18.4 Å². The van der Waals surface area contributed by atoms with Crippen molar-refractivity contribution in [2.45, 2.75) is 38.6 Å². The normalized spacial score (nSPS) is 17.7. The van der Waals surface area contributed by atoms with Crippen LogP contribution in [0.4, 0.5) is 0 Å². The maximum absolute atomic E-state index is 5.29. The quantitative estimate of drug-likeness (QED) is 0.552. The van der Waals surface area contributed by atoms with Gasteiger partial charge in [0.25, 0.3) is 0 Å². The lowest BCUT2D eigenvalue weighted by Gasteiger charge is -2.29. The predicted octanol–water partition coefficient (Wildman–Crippen LogP) is 3.77. The molecule has 2 N–H and O–H groups in total. The second-order valence-corrected chi connectivity index (χ2v) is 7.87. The minimum absolute atomic E-state index is 0.375. The zero-order chi connectivity index (χ0) is 15.8. The van der Waals surface area contributed by atoms with E-state index in [1.165, 1.54) is 30.6 Å². The molecule has 1 aromatic heterocycles. The first-order valence-corrected chi connectivity index (χ1v) is 9.51. The van der Waals surface area contributed by atoms with Crippen molar-refractivity contribution in [3.05, 3.63) is 20.8 Å². The number of hydrogen-bond donors (Lipinski definition) is 2. The van der Waals surface area contributed by atoms with Gasteiger partial charge < -0.3 is 15.4 Å². The summed E-state index contributed by atoms with van der Waals surface area (Å²) in [6, 6.07) is 2.14. The fraction of sp³-hybridized carbons (Fsp3) is 0.688. The van der Waals surface area contributed by atoms with Gasteiger partial charge >= 0.3 is 0 Å². The Morgan fingerprint density at radius 1 is 1.41 bits per heavy atom. The first-order chi connectivity index (χ1) is 10.7. The summed E-state index contributed by atoms with van der Waals surface area (Å²) in [7, 11) is 3.62. The van der Waals surface area contributed by atoms with E-state index in [0.29, 0.717) is 5.41 Å². The van der Waals surface area contributed by atoms with E-state index in [-0.39, 0.29) is 0 Å². The van der Waals surface area contributed by atoms with E-state index in [4.69, 9.17) is 4.74 Å². The number of ether oxygens (including phenoxy) is 1. The van der Waals surface area contributed by atoms with Gasteiger partial charge in [-0.25, -0.2) is 0 Å². The van der Waals surface area contributed by atoms with Crippen LogP contribution >= 0.6 is 27.3 Å². The molecule has 0 amide bonds. The highest BCUT2D eigenvalue weighted by Crippen LogP contribution is 2.40. The molecular formula is C16H26BrN3OS. The van der Waals surface area contributed by atoms with E-state index >= 15 is 0 Å². The first-order valence-electron chi connectivity index (χ1n) is 7.84. The highest BCUT2D eigenvalue weighted by molar-refractivity contribution is 9.10. The fourth-order valence-corrected chi connectivity index (χ4v) is 4.46. The molecule has 0 saturated heterocycles. The molecule has 1 aliphatic rings. The topological polar surface area (TPSA) is 45.7 Å². The Bertz CT molecular complexity index is 483. The number of methoxy groups -OCH3 is 1. The van der Waals surface area contributed by atoms with Crippen molar-refractivity contribution in [2.75, 3.05) is 27.3 Å². The predicted molar refractivity (Wildman–Crippen MR) is 97.6 cm³/mol. The van der Waals surface area contributed by atoms with E-state index in [1.807, 2.05) is 7.05 Å². The highest BCUT2D eigenvalue weighted by Gasteiger charge is 2.33. The Labute approximate surface area is 145 Å². The molecule has 6 heteroatoms. The molecule has 4 nitrogen and oxygen atoms in total. The summed E-state index contributed by atoms with van der Waals surface area (Å²) < 4.78 is 6.43. The lowest BCUT2D eigenvalue weighted by molar-refractivity contribution is 0.138. The minimum Gasteiger partial charge on any atom is -0.385 e. The number of nitrogens with zero attached hydrogens (tertiary/aromatic N) is 1. The summed E-state index contributed by atoms with van der Waals surface area (Å²) >= 11 is 5.23. The van der Waals surface area contributed by atoms with Crippen molar-refractivity contribution < 1.29 is 4.74 Å². The van der Waals surface area contributed by atoms with E-state index in [9.17, 15) is 0 Å². The molecular weight excluding hydrogens is 362 g/mol. The van der Waals surface area contributed by atoms with E-state index < -0.39 is 0 Å². The molecule has 2 rings (SSSR count). The third-order valence-corrected chi connectivity index (χ3v) is 6.10. The van der Waals surface area contributed by atoms with Gasteiger partial charge in [0, 0.05) is 42.0 Å². The Hall–Kier alpha value is -0.590. The van der Waals surface area contributed by atoms with Gasteiger partial charge in [0.2, 0.25) is 0 Å². The van der Waals surface area contributed by atoms with Crippen LogP contribution in [0.15, 0.2) is 20.9 Å². The Morgan fingerprint density at radius 2 is 2.18 bits per heavy atom. The van der Waals surface area contributed by atoms with Crippen LogP contribution in [0.5, 0.6) is 0 Å². The molecule has 0 radical (unpaired) electrons. The largest absolute Gasteiger partial charge is 0.385 e. The van der Waals surface area contributed by atoms with Crippen molar-refractivity contribution in [1.29, 1.82) is 0 Å². The number of guanidine groups is 1. The monoisotopic (exact) mass is 387 g/mol. The van der Waals surface area contributed by atoms with Crippen molar-refractivity contribution in [2.24, 2.45) is 10.4 Å². The van der Waals surface area contributed by atoms with Crippen molar-refractivity contribution in [3.63, 3.8) is 0 Å². The molecule has 0 aliphatic heterocycles. The molecule has 124 valence electrons. The smallest absolute Gasteiger partial charge is 0.191 e. The SMILES string of the molecule is CN=C(NCc1cc(Br)cs1)NCC1(CCOC)CCCC1. The van der Waals surface area contributed by atoms with Crippen LogP contribution in [0.3, 0.4) is 0 Å². The fourth-order valence-electron chi connectivity index (χ4n) is 3.07.